The van der Waals surface area contributed by atoms with Crippen molar-refractivity contribution >= 4 is 28.2 Å². The molecule has 26 heavy (non-hydrogen) atoms. The summed E-state index contributed by atoms with van der Waals surface area (Å²) in [6, 6.07) is 10.4. The molecule has 8 heteroatoms. The number of aromatic nitrogens is 4. The summed E-state index contributed by atoms with van der Waals surface area (Å²) < 4.78 is 7.13. The molecule has 132 valence electrons. The van der Waals surface area contributed by atoms with Crippen molar-refractivity contribution in [2.24, 2.45) is 0 Å². The number of benzene rings is 1. The highest BCUT2D eigenvalue weighted by Crippen LogP contribution is 2.25. The second-order valence-corrected chi connectivity index (χ2v) is 6.01. The summed E-state index contributed by atoms with van der Waals surface area (Å²) in [7, 11) is 0. The molecule has 0 aliphatic carbocycles. The number of aryl methyl sites for hydroxylation is 1. The van der Waals surface area contributed by atoms with Crippen molar-refractivity contribution < 1.29 is 4.74 Å². The second kappa shape index (κ2) is 7.37. The van der Waals surface area contributed by atoms with Gasteiger partial charge in [-0.25, -0.2) is 14.6 Å². The number of anilines is 3. The molecule has 1 fully saturated rings. The van der Waals surface area contributed by atoms with E-state index in [9.17, 15) is 0 Å². The summed E-state index contributed by atoms with van der Waals surface area (Å²) in [6.45, 7) is 3.90. The molecule has 1 aliphatic rings. The van der Waals surface area contributed by atoms with Crippen LogP contribution in [0.1, 0.15) is 6.42 Å². The lowest BCUT2D eigenvalue weighted by Gasteiger charge is -2.28. The minimum atomic E-state index is 0.395. The Morgan fingerprint density at radius 2 is 1.96 bits per heavy atom. The molecule has 0 atom stereocenters. The van der Waals surface area contributed by atoms with Crippen LogP contribution < -0.4 is 10.2 Å². The van der Waals surface area contributed by atoms with Crippen molar-refractivity contribution in [3.63, 3.8) is 0 Å². The molecular weight excluding hydrogens is 330 g/mol. The van der Waals surface area contributed by atoms with E-state index in [1.54, 1.807) is 10.9 Å². The Labute approximate surface area is 151 Å². The minimum absolute atomic E-state index is 0.395. The first-order chi connectivity index (χ1) is 12.8. The molecule has 0 radical (unpaired) electrons. The normalized spacial score (nSPS) is 14.3. The number of ether oxygens (including phenoxy) is 1. The van der Waals surface area contributed by atoms with E-state index in [-0.39, 0.29) is 0 Å². The standard InChI is InChI=1S/C18H19N7O/c19-6-1-7-25-18-16(12-22-25)17(20-13-21-18)23-14-2-4-15(5-3-14)24-8-10-26-11-9-24/h2-5,12-13H,1,7-11H2,(H,20,21,23). The Morgan fingerprint density at radius 1 is 1.15 bits per heavy atom. The molecule has 3 heterocycles. The van der Waals surface area contributed by atoms with Gasteiger partial charge in [-0.2, -0.15) is 10.4 Å². The van der Waals surface area contributed by atoms with E-state index in [4.69, 9.17) is 10.00 Å². The lowest BCUT2D eigenvalue weighted by Crippen LogP contribution is -2.36. The van der Waals surface area contributed by atoms with Crippen LogP contribution in [0, 0.1) is 11.3 Å². The third kappa shape index (κ3) is 3.30. The Bertz CT molecular complexity index is 923. The van der Waals surface area contributed by atoms with Gasteiger partial charge in [0.15, 0.2) is 5.65 Å². The summed E-state index contributed by atoms with van der Waals surface area (Å²) in [6.07, 6.45) is 3.64. The van der Waals surface area contributed by atoms with Crippen molar-refractivity contribution in [3.05, 3.63) is 36.8 Å². The molecule has 1 N–H and O–H groups in total. The van der Waals surface area contributed by atoms with Crippen LogP contribution in [0.15, 0.2) is 36.8 Å². The maximum atomic E-state index is 8.76. The molecule has 1 saturated heterocycles. The van der Waals surface area contributed by atoms with E-state index in [1.807, 2.05) is 12.1 Å². The Balaban J connectivity index is 1.53. The number of nitrogens with one attached hydrogen (secondary N) is 1. The van der Waals surface area contributed by atoms with Gasteiger partial charge in [0, 0.05) is 24.5 Å². The molecule has 0 bridgehead atoms. The van der Waals surface area contributed by atoms with Gasteiger partial charge in [0.1, 0.15) is 12.1 Å². The maximum absolute atomic E-state index is 8.76. The highest BCUT2D eigenvalue weighted by Gasteiger charge is 2.12. The third-order valence-electron chi connectivity index (χ3n) is 4.38. The average molecular weight is 349 g/mol. The lowest BCUT2D eigenvalue weighted by atomic mass is 10.2. The molecule has 0 amide bonds. The van der Waals surface area contributed by atoms with Gasteiger partial charge >= 0.3 is 0 Å². The van der Waals surface area contributed by atoms with Gasteiger partial charge in [0.25, 0.3) is 0 Å². The van der Waals surface area contributed by atoms with E-state index in [0.29, 0.717) is 18.8 Å². The molecule has 0 saturated carbocycles. The Kier molecular flexibility index (Phi) is 4.62. The van der Waals surface area contributed by atoms with Gasteiger partial charge in [0.2, 0.25) is 0 Å². The van der Waals surface area contributed by atoms with Crippen molar-refractivity contribution in [1.82, 2.24) is 19.7 Å². The van der Waals surface area contributed by atoms with E-state index < -0.39 is 0 Å². The SMILES string of the molecule is N#CCCn1ncc2c(Nc3ccc(N4CCOCC4)cc3)ncnc21. The molecule has 4 rings (SSSR count). The predicted octanol–water partition coefficient (Wildman–Crippen LogP) is 2.32. The monoisotopic (exact) mass is 349 g/mol. The van der Waals surface area contributed by atoms with Crippen molar-refractivity contribution in [2.45, 2.75) is 13.0 Å². The van der Waals surface area contributed by atoms with Crippen LogP contribution in [-0.4, -0.2) is 46.1 Å². The number of fused-ring (bicyclic) bond motifs is 1. The molecular formula is C18H19N7O. The van der Waals surface area contributed by atoms with E-state index in [1.165, 1.54) is 12.0 Å². The molecule has 1 aromatic carbocycles. The zero-order valence-electron chi connectivity index (χ0n) is 14.3. The number of hydrogen-bond acceptors (Lipinski definition) is 7. The van der Waals surface area contributed by atoms with Crippen LogP contribution >= 0.6 is 0 Å². The number of nitriles is 1. The first kappa shape index (κ1) is 16.3. The highest BCUT2D eigenvalue weighted by molar-refractivity contribution is 5.88. The summed E-state index contributed by atoms with van der Waals surface area (Å²) in [4.78, 5) is 10.9. The molecule has 8 nitrogen and oxygen atoms in total. The first-order valence-corrected chi connectivity index (χ1v) is 8.58. The number of hydrogen-bond donors (Lipinski definition) is 1. The lowest BCUT2D eigenvalue weighted by molar-refractivity contribution is 0.122. The Morgan fingerprint density at radius 3 is 2.73 bits per heavy atom. The van der Waals surface area contributed by atoms with Gasteiger partial charge in [-0.3, -0.25) is 0 Å². The van der Waals surface area contributed by atoms with Crippen LogP contribution in [0.2, 0.25) is 0 Å². The van der Waals surface area contributed by atoms with Crippen LogP contribution in [0.5, 0.6) is 0 Å². The average Bonchev–Trinajstić information content (AvgIpc) is 3.12. The van der Waals surface area contributed by atoms with Gasteiger partial charge in [0.05, 0.1) is 43.8 Å². The van der Waals surface area contributed by atoms with Crippen LogP contribution in [-0.2, 0) is 11.3 Å². The quantitative estimate of drug-likeness (QED) is 0.755. The van der Waals surface area contributed by atoms with Crippen LogP contribution in [0.25, 0.3) is 11.0 Å². The summed E-state index contributed by atoms with van der Waals surface area (Å²) in [5, 5.41) is 17.2. The second-order valence-electron chi connectivity index (χ2n) is 6.01. The Hall–Kier alpha value is -3.18. The summed E-state index contributed by atoms with van der Waals surface area (Å²) >= 11 is 0. The van der Waals surface area contributed by atoms with E-state index in [0.717, 1.165) is 43.0 Å². The zero-order valence-corrected chi connectivity index (χ0v) is 14.3. The van der Waals surface area contributed by atoms with Gasteiger partial charge < -0.3 is 15.0 Å². The fourth-order valence-electron chi connectivity index (χ4n) is 3.03. The minimum Gasteiger partial charge on any atom is -0.378 e. The predicted molar refractivity (Wildman–Crippen MR) is 98.3 cm³/mol. The molecule has 0 spiro atoms. The summed E-state index contributed by atoms with van der Waals surface area (Å²) in [5.74, 6) is 0.706. The van der Waals surface area contributed by atoms with Crippen molar-refractivity contribution in [2.75, 3.05) is 36.5 Å². The fourth-order valence-corrected chi connectivity index (χ4v) is 3.03. The largest absolute Gasteiger partial charge is 0.378 e. The van der Waals surface area contributed by atoms with Crippen molar-refractivity contribution in [1.29, 1.82) is 5.26 Å². The van der Waals surface area contributed by atoms with E-state index >= 15 is 0 Å². The van der Waals surface area contributed by atoms with Gasteiger partial charge in [-0.15, -0.1) is 0 Å². The van der Waals surface area contributed by atoms with Crippen LogP contribution in [0.4, 0.5) is 17.2 Å². The number of rotatable bonds is 5. The highest BCUT2D eigenvalue weighted by atomic mass is 16.5. The van der Waals surface area contributed by atoms with Gasteiger partial charge in [-0.1, -0.05) is 0 Å². The first-order valence-electron chi connectivity index (χ1n) is 8.58. The molecule has 2 aromatic heterocycles. The third-order valence-corrected chi connectivity index (χ3v) is 4.38. The number of morpholine rings is 1. The van der Waals surface area contributed by atoms with Crippen LogP contribution in [0.3, 0.4) is 0 Å². The molecule has 1 aliphatic heterocycles. The zero-order chi connectivity index (χ0) is 17.8. The summed E-state index contributed by atoms with van der Waals surface area (Å²) in [5.41, 5.74) is 2.87. The van der Waals surface area contributed by atoms with Gasteiger partial charge in [-0.05, 0) is 24.3 Å². The number of nitrogens with zero attached hydrogens (tertiary/aromatic N) is 6. The topological polar surface area (TPSA) is 91.9 Å². The molecule has 3 aromatic rings. The van der Waals surface area contributed by atoms with E-state index in [2.05, 4.69) is 43.5 Å². The maximum Gasteiger partial charge on any atom is 0.163 e. The van der Waals surface area contributed by atoms with Crippen molar-refractivity contribution in [3.8, 4) is 6.07 Å². The smallest absolute Gasteiger partial charge is 0.163 e. The molecule has 0 unspecified atom stereocenters. The fraction of sp³-hybridized carbons (Fsp3) is 0.333.